The molecular formula is C19H23N3O3. The van der Waals surface area contributed by atoms with Crippen LogP contribution in [0.15, 0.2) is 53.6 Å². The Balaban J connectivity index is 1.90. The number of carbonyl (C=O) groups excluding carboxylic acids is 1. The molecule has 0 unspecified atom stereocenters. The van der Waals surface area contributed by atoms with Crippen LogP contribution >= 0.6 is 0 Å². The summed E-state index contributed by atoms with van der Waals surface area (Å²) in [7, 11) is 5.52. The summed E-state index contributed by atoms with van der Waals surface area (Å²) in [5, 5.41) is 4.12. The van der Waals surface area contributed by atoms with Gasteiger partial charge in [-0.3, -0.25) is 4.79 Å². The van der Waals surface area contributed by atoms with Gasteiger partial charge in [0, 0.05) is 19.8 Å². The van der Waals surface area contributed by atoms with Crippen molar-refractivity contribution < 1.29 is 14.3 Å². The first-order valence-electron chi connectivity index (χ1n) is 7.88. The van der Waals surface area contributed by atoms with Crippen molar-refractivity contribution in [1.82, 2.24) is 5.43 Å². The molecule has 0 atom stereocenters. The zero-order chi connectivity index (χ0) is 18.2. The van der Waals surface area contributed by atoms with E-state index in [-0.39, 0.29) is 12.5 Å². The van der Waals surface area contributed by atoms with Crippen molar-refractivity contribution >= 4 is 17.3 Å². The fourth-order valence-electron chi connectivity index (χ4n) is 2.13. The average Bonchev–Trinajstić information content (AvgIpc) is 2.64. The third-order valence-corrected chi connectivity index (χ3v) is 3.58. The summed E-state index contributed by atoms with van der Waals surface area (Å²) in [6, 6.07) is 15.1. The lowest BCUT2D eigenvalue weighted by Crippen LogP contribution is -2.25. The van der Waals surface area contributed by atoms with Gasteiger partial charge in [-0.15, -0.1) is 0 Å². The van der Waals surface area contributed by atoms with Crippen LogP contribution in [0.4, 0.5) is 5.69 Å². The number of methoxy groups -OCH3 is 1. The first-order chi connectivity index (χ1) is 12.0. The quantitative estimate of drug-likeness (QED) is 0.621. The highest BCUT2D eigenvalue weighted by atomic mass is 16.5. The molecule has 0 saturated heterocycles. The molecule has 6 heteroatoms. The number of carbonyl (C=O) groups is 1. The van der Waals surface area contributed by atoms with Gasteiger partial charge in [-0.1, -0.05) is 24.3 Å². The first kappa shape index (κ1) is 18.3. The number of anilines is 1. The number of rotatable bonds is 7. The highest BCUT2D eigenvalue weighted by molar-refractivity contribution is 5.99. The van der Waals surface area contributed by atoms with Crippen molar-refractivity contribution in [3.63, 3.8) is 0 Å². The van der Waals surface area contributed by atoms with Crippen LogP contribution in [0, 0.1) is 0 Å². The van der Waals surface area contributed by atoms with Gasteiger partial charge >= 0.3 is 0 Å². The van der Waals surface area contributed by atoms with E-state index in [0.717, 1.165) is 17.0 Å². The van der Waals surface area contributed by atoms with E-state index in [0.29, 0.717) is 11.5 Å². The molecule has 0 saturated carbocycles. The molecule has 0 heterocycles. The van der Waals surface area contributed by atoms with E-state index in [1.165, 1.54) is 0 Å². The number of para-hydroxylation sites is 2. The minimum atomic E-state index is -0.338. The summed E-state index contributed by atoms with van der Waals surface area (Å²) in [5.74, 6) is 0.756. The van der Waals surface area contributed by atoms with Gasteiger partial charge in [0.1, 0.15) is 0 Å². The number of hydrogen-bond donors (Lipinski definition) is 1. The molecule has 2 aromatic rings. The Kier molecular flexibility index (Phi) is 6.39. The lowest BCUT2D eigenvalue weighted by atomic mass is 10.1. The van der Waals surface area contributed by atoms with Gasteiger partial charge in [-0.05, 0) is 36.8 Å². The van der Waals surface area contributed by atoms with Crippen molar-refractivity contribution in [1.29, 1.82) is 0 Å². The van der Waals surface area contributed by atoms with Crippen LogP contribution in [0.2, 0.25) is 0 Å². The number of amides is 1. The minimum Gasteiger partial charge on any atom is -0.493 e. The van der Waals surface area contributed by atoms with Crippen LogP contribution < -0.4 is 19.8 Å². The van der Waals surface area contributed by atoms with Crippen LogP contribution in [0.1, 0.15) is 12.5 Å². The predicted molar refractivity (Wildman–Crippen MR) is 99.6 cm³/mol. The molecule has 1 N–H and O–H groups in total. The second kappa shape index (κ2) is 8.73. The molecular weight excluding hydrogens is 318 g/mol. The SMILES string of the molecule is COc1ccccc1OCC(=O)N/N=C(/C)c1ccc(N(C)C)cc1. The molecule has 2 rings (SSSR count). The molecule has 0 aliphatic rings. The molecule has 0 fully saturated rings. The van der Waals surface area contributed by atoms with Gasteiger partial charge in [-0.2, -0.15) is 5.10 Å². The lowest BCUT2D eigenvalue weighted by Gasteiger charge is -2.12. The van der Waals surface area contributed by atoms with Crippen molar-refractivity contribution in [2.24, 2.45) is 5.10 Å². The number of hydrogen-bond acceptors (Lipinski definition) is 5. The minimum absolute atomic E-state index is 0.142. The van der Waals surface area contributed by atoms with E-state index >= 15 is 0 Å². The molecule has 0 spiro atoms. The Bertz CT molecular complexity index is 740. The average molecular weight is 341 g/mol. The van der Waals surface area contributed by atoms with Gasteiger partial charge in [0.2, 0.25) is 0 Å². The summed E-state index contributed by atoms with van der Waals surface area (Å²) < 4.78 is 10.6. The third-order valence-electron chi connectivity index (χ3n) is 3.58. The van der Waals surface area contributed by atoms with E-state index in [1.807, 2.05) is 62.3 Å². The van der Waals surface area contributed by atoms with E-state index in [2.05, 4.69) is 10.5 Å². The zero-order valence-corrected chi connectivity index (χ0v) is 14.9. The molecule has 6 nitrogen and oxygen atoms in total. The molecule has 0 radical (unpaired) electrons. The van der Waals surface area contributed by atoms with Crippen LogP contribution in [-0.4, -0.2) is 39.4 Å². The molecule has 25 heavy (non-hydrogen) atoms. The van der Waals surface area contributed by atoms with Crippen molar-refractivity contribution in [2.75, 3.05) is 32.7 Å². The Hall–Kier alpha value is -3.02. The normalized spacial score (nSPS) is 11.0. The van der Waals surface area contributed by atoms with Crippen LogP contribution in [-0.2, 0) is 4.79 Å². The molecule has 132 valence electrons. The standard InChI is InChI=1S/C19H23N3O3/c1-14(15-9-11-16(12-10-15)22(2)3)20-21-19(23)13-25-18-8-6-5-7-17(18)24-4/h5-12H,13H2,1-4H3,(H,21,23)/b20-14-. The lowest BCUT2D eigenvalue weighted by molar-refractivity contribution is -0.123. The van der Waals surface area contributed by atoms with Crippen LogP contribution in [0.25, 0.3) is 0 Å². The number of hydrazone groups is 1. The Morgan fingerprint density at radius 1 is 1.08 bits per heavy atom. The second-order valence-corrected chi connectivity index (χ2v) is 5.61. The molecule has 0 aromatic heterocycles. The maximum absolute atomic E-state index is 11.9. The van der Waals surface area contributed by atoms with Gasteiger partial charge < -0.3 is 14.4 Å². The predicted octanol–water partition coefficient (Wildman–Crippen LogP) is 2.68. The van der Waals surface area contributed by atoms with Crippen molar-refractivity contribution in [3.05, 3.63) is 54.1 Å². The smallest absolute Gasteiger partial charge is 0.277 e. The number of benzene rings is 2. The summed E-state index contributed by atoms with van der Waals surface area (Å²) in [4.78, 5) is 13.9. The van der Waals surface area contributed by atoms with Gasteiger partial charge in [-0.25, -0.2) is 5.43 Å². The Morgan fingerprint density at radius 2 is 1.72 bits per heavy atom. The highest BCUT2D eigenvalue weighted by Gasteiger charge is 2.07. The van der Waals surface area contributed by atoms with E-state index in [9.17, 15) is 4.79 Å². The summed E-state index contributed by atoms with van der Waals surface area (Å²) in [6.07, 6.45) is 0. The largest absolute Gasteiger partial charge is 0.493 e. The maximum atomic E-state index is 11.9. The summed E-state index contributed by atoms with van der Waals surface area (Å²) >= 11 is 0. The Morgan fingerprint density at radius 3 is 2.32 bits per heavy atom. The van der Waals surface area contributed by atoms with E-state index in [1.54, 1.807) is 19.2 Å². The number of nitrogens with zero attached hydrogens (tertiary/aromatic N) is 2. The Labute approximate surface area is 148 Å². The second-order valence-electron chi connectivity index (χ2n) is 5.61. The van der Waals surface area contributed by atoms with Crippen molar-refractivity contribution in [3.8, 4) is 11.5 Å². The number of nitrogens with one attached hydrogen (secondary N) is 1. The highest BCUT2D eigenvalue weighted by Crippen LogP contribution is 2.25. The fourth-order valence-corrected chi connectivity index (χ4v) is 2.13. The maximum Gasteiger partial charge on any atom is 0.277 e. The fraction of sp³-hybridized carbons (Fsp3) is 0.263. The van der Waals surface area contributed by atoms with Crippen molar-refractivity contribution in [2.45, 2.75) is 6.92 Å². The monoisotopic (exact) mass is 341 g/mol. The molecule has 1 amide bonds. The summed E-state index contributed by atoms with van der Waals surface area (Å²) in [6.45, 7) is 1.70. The third kappa shape index (κ3) is 5.24. The topological polar surface area (TPSA) is 63.2 Å². The van der Waals surface area contributed by atoms with E-state index < -0.39 is 0 Å². The van der Waals surface area contributed by atoms with E-state index in [4.69, 9.17) is 9.47 Å². The number of ether oxygens (including phenoxy) is 2. The van der Waals surface area contributed by atoms with Crippen LogP contribution in [0.3, 0.4) is 0 Å². The molecule has 0 aliphatic heterocycles. The molecule has 0 aliphatic carbocycles. The van der Waals surface area contributed by atoms with Gasteiger partial charge in [0.05, 0.1) is 12.8 Å². The van der Waals surface area contributed by atoms with Crippen LogP contribution in [0.5, 0.6) is 11.5 Å². The zero-order valence-electron chi connectivity index (χ0n) is 14.9. The first-order valence-corrected chi connectivity index (χ1v) is 7.88. The summed E-state index contributed by atoms with van der Waals surface area (Å²) in [5.41, 5.74) is 5.26. The van der Waals surface area contributed by atoms with Gasteiger partial charge in [0.15, 0.2) is 18.1 Å². The molecule has 2 aromatic carbocycles. The van der Waals surface area contributed by atoms with Gasteiger partial charge in [0.25, 0.3) is 5.91 Å². The molecule has 0 bridgehead atoms.